The van der Waals surface area contributed by atoms with Crippen molar-refractivity contribution in [3.63, 3.8) is 0 Å². The largest absolute Gasteiger partial charge is 0.464 e. The summed E-state index contributed by atoms with van der Waals surface area (Å²) in [5, 5.41) is 15.1. The Hall–Kier alpha value is -4.06. The number of sulfonamides is 1. The van der Waals surface area contributed by atoms with Crippen molar-refractivity contribution in [3.05, 3.63) is 87.7 Å². The minimum Gasteiger partial charge on any atom is -0.464 e. The summed E-state index contributed by atoms with van der Waals surface area (Å²) in [6, 6.07) is 11.9. The quantitative estimate of drug-likeness (QED) is 0.273. The molecule has 0 bridgehead atoms. The minimum absolute atomic E-state index is 0.0417. The SMILES string of the molecule is CCOC(=O)[C@H](Cc1ccc(NC(=O)c2c(Cl)cncc2Cl)cc1)NC(=O)[C@@H]1C[C@@H](N2CCCCC2)CN1S(=O)(=O)c1cccc(C#N)c1. The Morgan fingerprint density at radius 1 is 1.06 bits per heavy atom. The third-order valence-electron chi connectivity index (χ3n) is 8.63. The first-order valence-electron chi connectivity index (χ1n) is 15.9. The van der Waals surface area contributed by atoms with E-state index in [2.05, 4.69) is 20.5 Å². The van der Waals surface area contributed by atoms with Crippen LogP contribution in [0.1, 0.15) is 54.1 Å². The van der Waals surface area contributed by atoms with Gasteiger partial charge in [-0.3, -0.25) is 19.5 Å². The Labute approximate surface area is 295 Å². The zero-order valence-corrected chi connectivity index (χ0v) is 29.1. The molecule has 0 saturated carbocycles. The number of pyridine rings is 1. The Balaban J connectivity index is 1.35. The minimum atomic E-state index is -4.18. The molecule has 2 N–H and O–H groups in total. The number of nitriles is 1. The van der Waals surface area contributed by atoms with Crippen LogP contribution in [0.5, 0.6) is 0 Å². The standard InChI is InChI=1S/C34H36Cl2N6O6S/c1-2-48-34(45)29(16-22-9-11-24(12-10-22)39-33(44)31-27(35)19-38-20-28(31)36)40-32(43)30-17-25(41-13-4-3-5-14-41)21-42(30)49(46,47)26-8-6-7-23(15-26)18-37/h6-12,15,19-20,25,29-30H,2-5,13-14,16-17,21H2,1H3,(H,39,44)(H,40,43)/t25-,29+,30+/m1/s1. The molecule has 2 fully saturated rings. The average molecular weight is 728 g/mol. The molecule has 2 aliphatic heterocycles. The number of benzene rings is 2. The molecular formula is C34H36Cl2N6O6S. The predicted octanol–water partition coefficient (Wildman–Crippen LogP) is 4.42. The fourth-order valence-corrected chi connectivity index (χ4v) is 8.40. The summed E-state index contributed by atoms with van der Waals surface area (Å²) in [5.41, 5.74) is 1.35. The molecule has 0 spiro atoms. The summed E-state index contributed by atoms with van der Waals surface area (Å²) < 4.78 is 34.4. The maximum absolute atomic E-state index is 14.0. The molecule has 3 aromatic rings. The fourth-order valence-electron chi connectivity index (χ4n) is 6.18. The molecule has 2 aliphatic rings. The van der Waals surface area contributed by atoms with Gasteiger partial charge in [-0.25, -0.2) is 13.2 Å². The molecule has 5 rings (SSSR count). The van der Waals surface area contributed by atoms with Crippen molar-refractivity contribution in [2.24, 2.45) is 0 Å². The fraction of sp³-hybridized carbons (Fsp3) is 0.382. The number of aromatic nitrogens is 1. The average Bonchev–Trinajstić information content (AvgIpc) is 3.56. The van der Waals surface area contributed by atoms with Gasteiger partial charge in [-0.1, -0.05) is 47.8 Å². The number of rotatable bonds is 11. The van der Waals surface area contributed by atoms with Crippen LogP contribution in [0.3, 0.4) is 0 Å². The van der Waals surface area contributed by atoms with Gasteiger partial charge in [-0.05, 0) is 75.2 Å². The number of amides is 2. The summed E-state index contributed by atoms with van der Waals surface area (Å²) in [6.45, 7) is 3.44. The lowest BCUT2D eigenvalue weighted by Crippen LogP contribution is -2.51. The number of carbonyl (C=O) groups is 3. The molecule has 2 aromatic carbocycles. The highest BCUT2D eigenvalue weighted by Gasteiger charge is 2.46. The third-order valence-corrected chi connectivity index (χ3v) is 11.1. The van der Waals surface area contributed by atoms with Crippen LogP contribution < -0.4 is 10.6 Å². The van der Waals surface area contributed by atoms with Crippen molar-refractivity contribution in [1.82, 2.24) is 19.5 Å². The van der Waals surface area contributed by atoms with Crippen molar-refractivity contribution in [1.29, 1.82) is 5.26 Å². The van der Waals surface area contributed by atoms with E-state index in [4.69, 9.17) is 27.9 Å². The van der Waals surface area contributed by atoms with Gasteiger partial charge in [0.15, 0.2) is 0 Å². The molecule has 3 heterocycles. The van der Waals surface area contributed by atoms with Gasteiger partial charge in [0.25, 0.3) is 5.91 Å². The molecule has 12 nitrogen and oxygen atoms in total. The van der Waals surface area contributed by atoms with Crippen LogP contribution in [-0.4, -0.2) is 84.8 Å². The Morgan fingerprint density at radius 3 is 2.41 bits per heavy atom. The molecule has 258 valence electrons. The molecule has 0 aliphatic carbocycles. The van der Waals surface area contributed by atoms with Crippen molar-refractivity contribution < 1.29 is 27.5 Å². The van der Waals surface area contributed by atoms with Crippen LogP contribution in [0.25, 0.3) is 0 Å². The van der Waals surface area contributed by atoms with E-state index in [0.717, 1.165) is 32.4 Å². The second-order valence-electron chi connectivity index (χ2n) is 11.9. The summed E-state index contributed by atoms with van der Waals surface area (Å²) >= 11 is 12.2. The molecular weight excluding hydrogens is 691 g/mol. The first-order valence-corrected chi connectivity index (χ1v) is 18.1. The number of nitrogens with zero attached hydrogens (tertiary/aromatic N) is 4. The van der Waals surface area contributed by atoms with Crippen molar-refractivity contribution in [3.8, 4) is 6.07 Å². The third kappa shape index (κ3) is 8.57. The highest BCUT2D eigenvalue weighted by atomic mass is 35.5. The van der Waals surface area contributed by atoms with Crippen molar-refractivity contribution in [2.45, 2.75) is 62.0 Å². The van der Waals surface area contributed by atoms with E-state index in [9.17, 15) is 28.1 Å². The number of nitrogens with one attached hydrogen (secondary N) is 2. The van der Waals surface area contributed by atoms with Gasteiger partial charge in [0.05, 0.1) is 38.7 Å². The van der Waals surface area contributed by atoms with E-state index in [1.807, 2.05) is 6.07 Å². The second-order valence-corrected chi connectivity index (χ2v) is 14.6. The number of halogens is 2. The highest BCUT2D eigenvalue weighted by molar-refractivity contribution is 7.89. The summed E-state index contributed by atoms with van der Waals surface area (Å²) in [7, 11) is -4.18. The van der Waals surface area contributed by atoms with Crippen LogP contribution in [0.4, 0.5) is 5.69 Å². The van der Waals surface area contributed by atoms with Gasteiger partial charge in [0.2, 0.25) is 15.9 Å². The summed E-state index contributed by atoms with van der Waals surface area (Å²) in [6.07, 6.45) is 5.99. The maximum Gasteiger partial charge on any atom is 0.328 e. The first-order chi connectivity index (χ1) is 23.5. The van der Waals surface area contributed by atoms with E-state index in [0.29, 0.717) is 11.3 Å². The second kappa shape index (κ2) is 16.1. The van der Waals surface area contributed by atoms with Gasteiger partial charge in [-0.2, -0.15) is 9.57 Å². The molecule has 2 saturated heterocycles. The van der Waals surface area contributed by atoms with Crippen LogP contribution >= 0.6 is 23.2 Å². The van der Waals surface area contributed by atoms with Gasteiger partial charge in [-0.15, -0.1) is 0 Å². The Kier molecular flexibility index (Phi) is 11.9. The number of carbonyl (C=O) groups excluding carboxylic acids is 3. The van der Waals surface area contributed by atoms with E-state index in [-0.39, 0.29) is 58.1 Å². The van der Waals surface area contributed by atoms with Crippen molar-refractivity contribution in [2.75, 3.05) is 31.6 Å². The Morgan fingerprint density at radius 2 is 1.76 bits per heavy atom. The lowest BCUT2D eigenvalue weighted by molar-refractivity contribution is -0.147. The summed E-state index contributed by atoms with van der Waals surface area (Å²) in [4.78, 5) is 45.9. The number of anilines is 1. The zero-order valence-electron chi connectivity index (χ0n) is 26.8. The van der Waals surface area contributed by atoms with Crippen LogP contribution in [0.15, 0.2) is 65.8 Å². The highest BCUT2D eigenvalue weighted by Crippen LogP contribution is 2.31. The lowest BCUT2D eigenvalue weighted by Gasteiger charge is -2.32. The normalized spacial score (nSPS) is 19.1. The van der Waals surface area contributed by atoms with E-state index in [1.54, 1.807) is 31.2 Å². The van der Waals surface area contributed by atoms with Gasteiger partial charge in [0.1, 0.15) is 12.1 Å². The van der Waals surface area contributed by atoms with Crippen molar-refractivity contribution >= 4 is 56.7 Å². The number of piperidine rings is 1. The van der Waals surface area contributed by atoms with E-state index < -0.39 is 39.9 Å². The van der Waals surface area contributed by atoms with Crippen LogP contribution in [0.2, 0.25) is 10.0 Å². The monoisotopic (exact) mass is 726 g/mol. The zero-order chi connectivity index (χ0) is 35.1. The molecule has 0 unspecified atom stereocenters. The predicted molar refractivity (Wildman–Crippen MR) is 184 cm³/mol. The van der Waals surface area contributed by atoms with E-state index in [1.165, 1.54) is 41.0 Å². The number of hydrogen-bond donors (Lipinski definition) is 2. The van der Waals surface area contributed by atoms with Crippen LogP contribution in [0, 0.1) is 11.3 Å². The van der Waals surface area contributed by atoms with Gasteiger partial charge in [0, 0.05) is 37.1 Å². The molecule has 3 atom stereocenters. The van der Waals surface area contributed by atoms with Crippen LogP contribution in [-0.2, 0) is 30.8 Å². The molecule has 49 heavy (non-hydrogen) atoms. The molecule has 1 aromatic heterocycles. The smallest absolute Gasteiger partial charge is 0.328 e. The topological polar surface area (TPSA) is 162 Å². The number of esters is 1. The van der Waals surface area contributed by atoms with Gasteiger partial charge < -0.3 is 15.4 Å². The number of ether oxygens (including phenoxy) is 1. The molecule has 15 heteroatoms. The lowest BCUT2D eigenvalue weighted by atomic mass is 10.0. The van der Waals surface area contributed by atoms with E-state index >= 15 is 0 Å². The molecule has 0 radical (unpaired) electrons. The number of hydrogen-bond acceptors (Lipinski definition) is 9. The maximum atomic E-state index is 14.0. The van der Waals surface area contributed by atoms with Gasteiger partial charge >= 0.3 is 5.97 Å². The Bertz CT molecular complexity index is 1830. The summed E-state index contributed by atoms with van der Waals surface area (Å²) in [5.74, 6) is -1.82. The first kappa shape index (κ1) is 36.2. The number of likely N-dealkylation sites (tertiary alicyclic amines) is 1. The molecule has 2 amide bonds.